The summed E-state index contributed by atoms with van der Waals surface area (Å²) in [4.78, 5) is 26.8. The van der Waals surface area contributed by atoms with Gasteiger partial charge in [0, 0.05) is 11.8 Å². The second-order valence-corrected chi connectivity index (χ2v) is 7.63. The number of carboxylic acid groups (broad SMARTS) is 1. The molecule has 0 spiro atoms. The molecule has 6 heteroatoms. The first-order chi connectivity index (χ1) is 9.58. The Labute approximate surface area is 129 Å². The van der Waals surface area contributed by atoms with Gasteiger partial charge in [-0.2, -0.15) is 0 Å². The number of hydrogen-bond donors (Lipinski definition) is 2. The monoisotopic (exact) mass is 312 g/mol. The predicted molar refractivity (Wildman–Crippen MR) is 83.5 cm³/mol. The number of nitrogens with one attached hydrogen (secondary N) is 1. The van der Waals surface area contributed by atoms with Crippen LogP contribution in [0.3, 0.4) is 0 Å². The molecule has 21 heavy (non-hydrogen) atoms. The topological polar surface area (TPSA) is 79.3 Å². The van der Waals surface area contributed by atoms with E-state index in [4.69, 9.17) is 5.11 Å². The van der Waals surface area contributed by atoms with Gasteiger partial charge < -0.3 is 10.4 Å². The molecule has 0 saturated heterocycles. The van der Waals surface area contributed by atoms with Crippen molar-refractivity contribution in [2.45, 2.75) is 53.5 Å². The van der Waals surface area contributed by atoms with E-state index >= 15 is 0 Å². The van der Waals surface area contributed by atoms with Gasteiger partial charge in [0.05, 0.1) is 6.04 Å². The summed E-state index contributed by atoms with van der Waals surface area (Å²) in [6, 6.07) is -0.266. The van der Waals surface area contributed by atoms with E-state index in [1.807, 2.05) is 6.92 Å². The third-order valence-corrected chi connectivity index (χ3v) is 4.01. The number of rotatable bonds is 6. The number of carbonyl (C=O) groups is 2. The summed E-state index contributed by atoms with van der Waals surface area (Å²) in [5.41, 5.74) is 0.231. The van der Waals surface area contributed by atoms with Crippen molar-refractivity contribution in [2.75, 3.05) is 0 Å². The van der Waals surface area contributed by atoms with Gasteiger partial charge in [-0.25, -0.2) is 9.78 Å². The molecule has 0 aromatic carbocycles. The Hall–Kier alpha value is -1.43. The lowest BCUT2D eigenvalue weighted by Gasteiger charge is -2.23. The molecule has 2 N–H and O–H groups in total. The fourth-order valence-electron chi connectivity index (χ4n) is 2.38. The molecule has 1 heterocycles. The fourth-order valence-corrected chi connectivity index (χ4v) is 3.18. The second-order valence-electron chi connectivity index (χ2n) is 6.74. The van der Waals surface area contributed by atoms with Crippen molar-refractivity contribution in [3.8, 4) is 0 Å². The molecule has 0 fully saturated rings. The third-order valence-electron chi connectivity index (χ3n) is 2.98. The highest BCUT2D eigenvalue weighted by Gasteiger charge is 2.20. The van der Waals surface area contributed by atoms with Crippen LogP contribution in [0, 0.1) is 11.3 Å². The molecule has 1 aromatic heterocycles. The van der Waals surface area contributed by atoms with Gasteiger partial charge in [0.15, 0.2) is 5.69 Å². The average molecular weight is 312 g/mol. The summed E-state index contributed by atoms with van der Waals surface area (Å²) < 4.78 is 0. The van der Waals surface area contributed by atoms with Crippen LogP contribution in [0.4, 0.5) is 0 Å². The van der Waals surface area contributed by atoms with Crippen LogP contribution in [0.25, 0.3) is 0 Å². The summed E-state index contributed by atoms with van der Waals surface area (Å²) in [6.07, 6.45) is 1.45. The Kier molecular flexibility index (Phi) is 5.89. The zero-order valence-electron chi connectivity index (χ0n) is 13.3. The summed E-state index contributed by atoms with van der Waals surface area (Å²) >= 11 is 1.25. The van der Waals surface area contributed by atoms with Gasteiger partial charge in [-0.3, -0.25) is 4.79 Å². The largest absolute Gasteiger partial charge is 0.476 e. The lowest BCUT2D eigenvalue weighted by atomic mass is 9.84. The van der Waals surface area contributed by atoms with Gasteiger partial charge in [0.2, 0.25) is 5.91 Å². The summed E-state index contributed by atoms with van der Waals surface area (Å²) in [6.45, 7) is 10.4. The molecule has 5 nitrogen and oxygen atoms in total. The van der Waals surface area contributed by atoms with Crippen molar-refractivity contribution in [1.29, 1.82) is 0 Å². The van der Waals surface area contributed by atoms with Crippen LogP contribution in [0.1, 0.15) is 69.0 Å². The van der Waals surface area contributed by atoms with E-state index in [9.17, 15) is 9.59 Å². The van der Waals surface area contributed by atoms with Gasteiger partial charge in [0.1, 0.15) is 5.01 Å². The molecule has 1 amide bonds. The first-order valence-electron chi connectivity index (χ1n) is 7.06. The van der Waals surface area contributed by atoms with Gasteiger partial charge >= 0.3 is 5.97 Å². The molecule has 1 rings (SSSR count). The minimum atomic E-state index is -1.05. The number of hydrogen-bond acceptors (Lipinski definition) is 4. The molecule has 2 unspecified atom stereocenters. The minimum Gasteiger partial charge on any atom is -0.476 e. The van der Waals surface area contributed by atoms with E-state index < -0.39 is 5.97 Å². The zero-order valence-corrected chi connectivity index (χ0v) is 14.1. The molecule has 0 bridgehead atoms. The smallest absolute Gasteiger partial charge is 0.355 e. The van der Waals surface area contributed by atoms with E-state index in [1.54, 1.807) is 0 Å². The van der Waals surface area contributed by atoms with Crippen LogP contribution < -0.4 is 5.32 Å². The van der Waals surface area contributed by atoms with Crippen LogP contribution in [-0.4, -0.2) is 22.0 Å². The van der Waals surface area contributed by atoms with Crippen molar-refractivity contribution >= 4 is 23.2 Å². The molecule has 0 aliphatic rings. The number of thiazole rings is 1. The molecule has 118 valence electrons. The van der Waals surface area contributed by atoms with Gasteiger partial charge in [-0.15, -0.1) is 11.3 Å². The van der Waals surface area contributed by atoms with E-state index in [1.165, 1.54) is 16.7 Å². The highest BCUT2D eigenvalue weighted by molar-refractivity contribution is 7.09. The Balaban J connectivity index is 2.51. The van der Waals surface area contributed by atoms with Gasteiger partial charge in [-0.1, -0.05) is 27.7 Å². The lowest BCUT2D eigenvalue weighted by Crippen LogP contribution is -2.28. The molecule has 1 aromatic rings. The molecular formula is C15H24N2O3S. The Bertz CT molecular complexity index is 505. The van der Waals surface area contributed by atoms with Crippen molar-refractivity contribution in [3.05, 3.63) is 16.1 Å². The minimum absolute atomic E-state index is 0.0219. The molecule has 2 atom stereocenters. The van der Waals surface area contributed by atoms with E-state index in [-0.39, 0.29) is 23.1 Å². The van der Waals surface area contributed by atoms with Crippen LogP contribution in [0.15, 0.2) is 5.38 Å². The summed E-state index contributed by atoms with van der Waals surface area (Å²) in [5, 5.41) is 13.8. The van der Waals surface area contributed by atoms with Crippen molar-refractivity contribution in [3.63, 3.8) is 0 Å². The van der Waals surface area contributed by atoms with Crippen LogP contribution in [0.2, 0.25) is 0 Å². The van der Waals surface area contributed by atoms with E-state index in [0.29, 0.717) is 17.3 Å². The van der Waals surface area contributed by atoms with Gasteiger partial charge in [-0.05, 0) is 24.7 Å². The average Bonchev–Trinajstić information content (AvgIpc) is 2.74. The summed E-state index contributed by atoms with van der Waals surface area (Å²) in [7, 11) is 0. The zero-order chi connectivity index (χ0) is 16.2. The lowest BCUT2D eigenvalue weighted by molar-refractivity contribution is -0.122. The number of amides is 1. The number of aromatic nitrogens is 1. The van der Waals surface area contributed by atoms with E-state index in [0.717, 1.165) is 6.42 Å². The quantitative estimate of drug-likeness (QED) is 0.843. The first kappa shape index (κ1) is 17.6. The number of nitrogens with zero attached hydrogens (tertiary/aromatic N) is 1. The Morgan fingerprint density at radius 1 is 1.38 bits per heavy atom. The maximum Gasteiger partial charge on any atom is 0.355 e. The number of carbonyl (C=O) groups excluding carboxylic acids is 1. The predicted octanol–water partition coefficient (Wildman–Crippen LogP) is 3.48. The fraction of sp³-hybridized carbons (Fsp3) is 0.667. The van der Waals surface area contributed by atoms with Crippen LogP contribution in [0.5, 0.6) is 0 Å². The standard InChI is InChI=1S/C15H24N2O3S/c1-9(7-15(3,4)5)6-12(18)16-10(2)13-17-11(8-21-13)14(19)20/h8-10H,6-7H2,1-5H3,(H,16,18)(H,19,20). The molecule has 0 radical (unpaired) electrons. The second kappa shape index (κ2) is 7.02. The third kappa shape index (κ3) is 6.25. The van der Waals surface area contributed by atoms with Gasteiger partial charge in [0.25, 0.3) is 0 Å². The maximum absolute atomic E-state index is 12.0. The Morgan fingerprint density at radius 3 is 2.48 bits per heavy atom. The SMILES string of the molecule is CC(CC(=O)NC(C)c1nc(C(=O)O)cs1)CC(C)(C)C. The van der Waals surface area contributed by atoms with E-state index in [2.05, 4.69) is 38.0 Å². The maximum atomic E-state index is 12.0. The number of aromatic carboxylic acids is 1. The van der Waals surface area contributed by atoms with Crippen LogP contribution >= 0.6 is 11.3 Å². The van der Waals surface area contributed by atoms with Crippen molar-refractivity contribution in [1.82, 2.24) is 10.3 Å². The normalized spacial score (nSPS) is 14.5. The van der Waals surface area contributed by atoms with Crippen molar-refractivity contribution in [2.24, 2.45) is 11.3 Å². The molecule has 0 aliphatic heterocycles. The first-order valence-corrected chi connectivity index (χ1v) is 7.94. The number of carboxylic acids is 1. The molecule has 0 aliphatic carbocycles. The molecular weight excluding hydrogens is 288 g/mol. The summed E-state index contributed by atoms with van der Waals surface area (Å²) in [5.74, 6) is -0.760. The Morgan fingerprint density at radius 2 is 2.00 bits per heavy atom. The molecule has 0 saturated carbocycles. The highest BCUT2D eigenvalue weighted by Crippen LogP contribution is 2.26. The van der Waals surface area contributed by atoms with Crippen molar-refractivity contribution < 1.29 is 14.7 Å². The van der Waals surface area contributed by atoms with Crippen LogP contribution in [-0.2, 0) is 4.79 Å². The highest BCUT2D eigenvalue weighted by atomic mass is 32.1.